The number of esters is 1. The van der Waals surface area contributed by atoms with Gasteiger partial charge in [-0.15, -0.1) is 0 Å². The van der Waals surface area contributed by atoms with Crippen molar-refractivity contribution in [1.29, 1.82) is 0 Å². The van der Waals surface area contributed by atoms with Gasteiger partial charge in [0, 0.05) is 23.3 Å². The minimum absolute atomic E-state index is 0.00232. The maximum Gasteiger partial charge on any atom is 0.312 e. The van der Waals surface area contributed by atoms with Crippen LogP contribution in [-0.4, -0.2) is 16.2 Å². The number of hydrogen-bond donors (Lipinski definition) is 2. The summed E-state index contributed by atoms with van der Waals surface area (Å²) in [6.07, 6.45) is 0.00692. The van der Waals surface area contributed by atoms with E-state index >= 15 is 0 Å². The lowest BCUT2D eigenvalue weighted by molar-refractivity contribution is -0.135. The standard InChI is InChI=1S/C23H16O7/c1-11-2-7-17(28-11)14-8-20(27)29-19-10-16(26)22-15(25)9-18(30-23(22)21(14)19)12-3-5-13(24)6-4-12/h2-7,9-10,14,24,26H,8H2,1H3. The van der Waals surface area contributed by atoms with Crippen LogP contribution in [0, 0.1) is 6.92 Å². The Morgan fingerprint density at radius 3 is 2.43 bits per heavy atom. The minimum atomic E-state index is -0.531. The van der Waals surface area contributed by atoms with E-state index in [1.807, 2.05) is 0 Å². The Kier molecular flexibility index (Phi) is 3.92. The van der Waals surface area contributed by atoms with Gasteiger partial charge in [-0.25, -0.2) is 0 Å². The van der Waals surface area contributed by atoms with Crippen molar-refractivity contribution in [3.05, 3.63) is 75.8 Å². The van der Waals surface area contributed by atoms with Crippen LogP contribution >= 0.6 is 0 Å². The zero-order chi connectivity index (χ0) is 21.0. The Morgan fingerprint density at radius 1 is 0.967 bits per heavy atom. The molecule has 1 aliphatic heterocycles. The Labute approximate surface area is 169 Å². The molecule has 2 aromatic carbocycles. The number of benzene rings is 2. The van der Waals surface area contributed by atoms with Gasteiger partial charge in [0.2, 0.25) is 0 Å². The van der Waals surface area contributed by atoms with Crippen molar-refractivity contribution in [3.8, 4) is 28.6 Å². The Morgan fingerprint density at radius 2 is 1.73 bits per heavy atom. The normalized spacial score (nSPS) is 15.8. The van der Waals surface area contributed by atoms with Gasteiger partial charge in [-0.1, -0.05) is 0 Å². The summed E-state index contributed by atoms with van der Waals surface area (Å²) >= 11 is 0. The van der Waals surface area contributed by atoms with Crippen molar-refractivity contribution >= 4 is 16.9 Å². The molecule has 0 saturated heterocycles. The maximum atomic E-state index is 12.9. The molecule has 5 rings (SSSR count). The van der Waals surface area contributed by atoms with Crippen LogP contribution in [0.5, 0.6) is 17.2 Å². The Balaban J connectivity index is 1.82. The smallest absolute Gasteiger partial charge is 0.312 e. The van der Waals surface area contributed by atoms with E-state index in [2.05, 4.69) is 0 Å². The van der Waals surface area contributed by atoms with Crippen molar-refractivity contribution in [1.82, 2.24) is 0 Å². The molecule has 0 bridgehead atoms. The average molecular weight is 404 g/mol. The summed E-state index contributed by atoms with van der Waals surface area (Å²) in [4.78, 5) is 25.0. The number of phenols is 2. The maximum absolute atomic E-state index is 12.9. The van der Waals surface area contributed by atoms with Crippen molar-refractivity contribution in [2.45, 2.75) is 19.3 Å². The van der Waals surface area contributed by atoms with Gasteiger partial charge >= 0.3 is 5.97 Å². The van der Waals surface area contributed by atoms with Crippen LogP contribution in [0.4, 0.5) is 0 Å². The van der Waals surface area contributed by atoms with Crippen LogP contribution in [0.3, 0.4) is 0 Å². The van der Waals surface area contributed by atoms with E-state index in [4.69, 9.17) is 13.6 Å². The molecule has 150 valence electrons. The molecule has 0 aliphatic carbocycles. The van der Waals surface area contributed by atoms with Crippen LogP contribution in [-0.2, 0) is 4.79 Å². The van der Waals surface area contributed by atoms with E-state index in [1.54, 1.807) is 31.2 Å². The third-order valence-corrected chi connectivity index (χ3v) is 5.18. The van der Waals surface area contributed by atoms with Crippen LogP contribution in [0.2, 0.25) is 0 Å². The Bertz CT molecular complexity index is 1360. The highest BCUT2D eigenvalue weighted by Crippen LogP contribution is 2.46. The summed E-state index contributed by atoms with van der Waals surface area (Å²) in [5.74, 6) is 0.340. The van der Waals surface area contributed by atoms with Gasteiger partial charge in [0.05, 0.1) is 12.3 Å². The number of fused-ring (bicyclic) bond motifs is 3. The first-order chi connectivity index (χ1) is 14.4. The van der Waals surface area contributed by atoms with Crippen LogP contribution < -0.4 is 10.2 Å². The number of rotatable bonds is 2. The van der Waals surface area contributed by atoms with Crippen molar-refractivity contribution in [2.24, 2.45) is 0 Å². The van der Waals surface area contributed by atoms with E-state index in [0.29, 0.717) is 22.6 Å². The van der Waals surface area contributed by atoms with Crippen LogP contribution in [0.1, 0.15) is 29.4 Å². The molecule has 0 spiro atoms. The molecule has 7 heteroatoms. The third-order valence-electron chi connectivity index (χ3n) is 5.18. The number of aryl methyl sites for hydroxylation is 1. The quantitative estimate of drug-likeness (QED) is 0.380. The largest absolute Gasteiger partial charge is 0.508 e. The first-order valence-corrected chi connectivity index (χ1v) is 9.31. The molecule has 2 aromatic heterocycles. The van der Waals surface area contributed by atoms with Gasteiger partial charge in [0.15, 0.2) is 5.43 Å². The average Bonchev–Trinajstić information content (AvgIpc) is 3.13. The predicted octanol–water partition coefficient (Wildman–Crippen LogP) is 4.21. The molecular weight excluding hydrogens is 388 g/mol. The summed E-state index contributed by atoms with van der Waals surface area (Å²) in [5.41, 5.74) is 0.731. The molecule has 3 heterocycles. The molecule has 1 unspecified atom stereocenters. The van der Waals surface area contributed by atoms with Crippen molar-refractivity contribution in [3.63, 3.8) is 0 Å². The van der Waals surface area contributed by atoms with Gasteiger partial charge in [0.1, 0.15) is 45.5 Å². The van der Waals surface area contributed by atoms with E-state index in [0.717, 1.165) is 0 Å². The molecule has 0 fully saturated rings. The zero-order valence-electron chi connectivity index (χ0n) is 15.8. The lowest BCUT2D eigenvalue weighted by atomic mass is 9.88. The highest BCUT2D eigenvalue weighted by atomic mass is 16.5. The lowest BCUT2D eigenvalue weighted by Crippen LogP contribution is -2.21. The number of phenolic OH excluding ortho intramolecular Hbond substituents is 2. The second kappa shape index (κ2) is 6.52. The predicted molar refractivity (Wildman–Crippen MR) is 107 cm³/mol. The SMILES string of the molecule is Cc1ccc(C2CC(=O)Oc3cc(O)c4c(=O)cc(-c5ccc(O)cc5)oc4c32)o1. The molecule has 1 atom stereocenters. The van der Waals surface area contributed by atoms with Gasteiger partial charge in [0.25, 0.3) is 0 Å². The molecular formula is C23H16O7. The molecule has 2 N–H and O–H groups in total. The summed E-state index contributed by atoms with van der Waals surface area (Å²) in [5, 5.41) is 20.0. The fraction of sp³-hybridized carbons (Fsp3) is 0.130. The van der Waals surface area contributed by atoms with E-state index in [1.165, 1.54) is 24.3 Å². The van der Waals surface area contributed by atoms with Crippen LogP contribution in [0.15, 0.2) is 62.2 Å². The van der Waals surface area contributed by atoms with Gasteiger partial charge in [-0.05, 0) is 43.3 Å². The van der Waals surface area contributed by atoms with Gasteiger partial charge in [-0.2, -0.15) is 0 Å². The first kappa shape index (κ1) is 18.1. The molecule has 0 saturated carbocycles. The summed E-state index contributed by atoms with van der Waals surface area (Å²) < 4.78 is 17.2. The van der Waals surface area contributed by atoms with Crippen molar-refractivity contribution < 1.29 is 28.6 Å². The fourth-order valence-electron chi connectivity index (χ4n) is 3.81. The number of hydrogen-bond acceptors (Lipinski definition) is 7. The highest BCUT2D eigenvalue weighted by molar-refractivity contribution is 5.93. The minimum Gasteiger partial charge on any atom is -0.508 e. The number of aromatic hydroxyl groups is 2. The molecule has 1 aliphatic rings. The number of carbonyl (C=O) groups is 1. The molecule has 0 radical (unpaired) electrons. The summed E-state index contributed by atoms with van der Waals surface area (Å²) in [7, 11) is 0. The zero-order valence-corrected chi connectivity index (χ0v) is 15.8. The molecule has 7 nitrogen and oxygen atoms in total. The number of ether oxygens (including phenoxy) is 1. The molecule has 0 amide bonds. The monoisotopic (exact) mass is 404 g/mol. The molecule has 30 heavy (non-hydrogen) atoms. The molecule has 4 aromatic rings. The number of furan rings is 1. The van der Waals surface area contributed by atoms with E-state index in [9.17, 15) is 19.8 Å². The highest BCUT2D eigenvalue weighted by Gasteiger charge is 2.35. The van der Waals surface area contributed by atoms with Gasteiger partial charge in [-0.3, -0.25) is 9.59 Å². The van der Waals surface area contributed by atoms with E-state index in [-0.39, 0.29) is 40.4 Å². The Hall–Kier alpha value is -4.00. The van der Waals surface area contributed by atoms with Gasteiger partial charge < -0.3 is 23.8 Å². The lowest BCUT2D eigenvalue weighted by Gasteiger charge is -2.24. The fourth-order valence-corrected chi connectivity index (χ4v) is 3.81. The summed E-state index contributed by atoms with van der Waals surface area (Å²) in [6.45, 7) is 1.80. The third kappa shape index (κ3) is 2.83. The second-order valence-corrected chi connectivity index (χ2v) is 7.21. The van der Waals surface area contributed by atoms with Crippen molar-refractivity contribution in [2.75, 3.05) is 0 Å². The summed E-state index contributed by atoms with van der Waals surface area (Å²) in [6, 6.07) is 12.3. The first-order valence-electron chi connectivity index (χ1n) is 9.31. The second-order valence-electron chi connectivity index (χ2n) is 7.21. The number of carbonyl (C=O) groups excluding carboxylic acids is 1. The van der Waals surface area contributed by atoms with E-state index < -0.39 is 17.3 Å². The van der Waals surface area contributed by atoms with Crippen LogP contribution in [0.25, 0.3) is 22.3 Å². The topological polar surface area (TPSA) is 110 Å².